The SMILES string of the molecule is C=N/C(=N\C1=C(C)CN(CCc2nc3c4cccc(OC)c4nc(N)n3n2)C1)C(F)(F)F. The molecular weight excluding hydrogens is 425 g/mol. The quantitative estimate of drug-likeness (QED) is 0.477. The van der Waals surface area contributed by atoms with Crippen LogP contribution in [0.2, 0.25) is 0 Å². The van der Waals surface area contributed by atoms with E-state index >= 15 is 0 Å². The number of aromatic nitrogens is 4. The summed E-state index contributed by atoms with van der Waals surface area (Å²) in [5.74, 6) is 0.0796. The van der Waals surface area contributed by atoms with Gasteiger partial charge in [0.15, 0.2) is 11.5 Å². The number of aliphatic imine (C=N–C) groups is 2. The lowest BCUT2D eigenvalue weighted by Gasteiger charge is -2.14. The number of benzene rings is 1. The van der Waals surface area contributed by atoms with Crippen molar-refractivity contribution in [1.82, 2.24) is 24.5 Å². The summed E-state index contributed by atoms with van der Waals surface area (Å²) in [4.78, 5) is 17.6. The Morgan fingerprint density at radius 1 is 1.28 bits per heavy atom. The van der Waals surface area contributed by atoms with Crippen LogP contribution < -0.4 is 10.5 Å². The normalized spacial score (nSPS) is 15.8. The largest absolute Gasteiger partial charge is 0.494 e. The predicted octanol–water partition coefficient (Wildman–Crippen LogP) is 2.66. The van der Waals surface area contributed by atoms with Crippen LogP contribution in [-0.4, -0.2) is 70.0 Å². The van der Waals surface area contributed by atoms with Crippen LogP contribution in [0.4, 0.5) is 19.1 Å². The summed E-state index contributed by atoms with van der Waals surface area (Å²) >= 11 is 0. The van der Waals surface area contributed by atoms with E-state index in [2.05, 4.69) is 31.8 Å². The number of alkyl halides is 3. The van der Waals surface area contributed by atoms with Crippen molar-refractivity contribution in [3.05, 3.63) is 35.3 Å². The molecule has 4 rings (SSSR count). The Morgan fingerprint density at radius 3 is 2.75 bits per heavy atom. The Hall–Kier alpha value is -3.54. The molecule has 0 unspecified atom stereocenters. The van der Waals surface area contributed by atoms with E-state index in [1.807, 2.05) is 17.0 Å². The van der Waals surface area contributed by atoms with Crippen LogP contribution >= 0.6 is 0 Å². The highest BCUT2D eigenvalue weighted by molar-refractivity contribution is 5.95. The zero-order chi connectivity index (χ0) is 23.0. The number of para-hydroxylation sites is 1. The van der Waals surface area contributed by atoms with Gasteiger partial charge in [-0.15, -0.1) is 5.10 Å². The third kappa shape index (κ3) is 4.00. The van der Waals surface area contributed by atoms with Gasteiger partial charge in [-0.2, -0.15) is 17.7 Å². The van der Waals surface area contributed by atoms with Crippen LogP contribution in [0.5, 0.6) is 5.75 Å². The van der Waals surface area contributed by atoms with E-state index in [4.69, 9.17) is 10.5 Å². The highest BCUT2D eigenvalue weighted by Crippen LogP contribution is 2.28. The zero-order valence-corrected chi connectivity index (χ0v) is 17.5. The summed E-state index contributed by atoms with van der Waals surface area (Å²) in [5.41, 5.74) is 8.32. The molecule has 1 aliphatic rings. The minimum atomic E-state index is -4.64. The van der Waals surface area contributed by atoms with Gasteiger partial charge in [-0.3, -0.25) is 4.90 Å². The van der Waals surface area contributed by atoms with E-state index in [0.717, 1.165) is 11.0 Å². The molecule has 3 aromatic rings. The molecule has 0 aliphatic carbocycles. The molecule has 32 heavy (non-hydrogen) atoms. The molecule has 2 aromatic heterocycles. The molecular formula is C20H21F3N8O. The number of nitrogen functional groups attached to an aromatic ring is 1. The van der Waals surface area contributed by atoms with Crippen LogP contribution in [0.1, 0.15) is 12.7 Å². The number of methoxy groups -OCH3 is 1. The van der Waals surface area contributed by atoms with Crippen LogP contribution in [-0.2, 0) is 6.42 Å². The number of halogens is 3. The fraction of sp³-hybridized carbons (Fsp3) is 0.350. The highest BCUT2D eigenvalue weighted by atomic mass is 19.4. The third-order valence-electron chi connectivity index (χ3n) is 5.18. The summed E-state index contributed by atoms with van der Waals surface area (Å²) in [6.45, 7) is 6.03. The van der Waals surface area contributed by atoms with E-state index < -0.39 is 12.0 Å². The Bertz CT molecular complexity index is 1260. The van der Waals surface area contributed by atoms with Crippen molar-refractivity contribution in [2.75, 3.05) is 32.5 Å². The van der Waals surface area contributed by atoms with E-state index in [0.29, 0.717) is 47.9 Å². The van der Waals surface area contributed by atoms with Gasteiger partial charge in [0, 0.05) is 31.4 Å². The first kappa shape index (κ1) is 21.7. The van der Waals surface area contributed by atoms with Gasteiger partial charge in [0.25, 0.3) is 0 Å². The lowest BCUT2D eigenvalue weighted by molar-refractivity contribution is -0.0596. The molecule has 0 saturated heterocycles. The number of fused-ring (bicyclic) bond motifs is 3. The number of nitrogens with zero attached hydrogens (tertiary/aromatic N) is 7. The standard InChI is InChI=1S/C20H21F3N8O/c1-11-9-30(10-13(11)26-18(25-2)20(21,22)23)8-7-15-27-17-12-5-4-6-14(32-3)16(12)28-19(24)31(17)29-15/h4-6H,2,7-10H2,1,3H3,(H2,24,28)/b26-18-. The third-order valence-corrected chi connectivity index (χ3v) is 5.18. The number of hydrogen-bond donors (Lipinski definition) is 1. The van der Waals surface area contributed by atoms with Crippen LogP contribution in [0, 0.1) is 0 Å². The van der Waals surface area contributed by atoms with Crippen molar-refractivity contribution < 1.29 is 17.9 Å². The Balaban J connectivity index is 1.52. The Kier molecular flexibility index (Phi) is 5.55. The maximum Gasteiger partial charge on any atom is 0.451 e. The predicted molar refractivity (Wildman–Crippen MR) is 115 cm³/mol. The summed E-state index contributed by atoms with van der Waals surface area (Å²) < 4.78 is 45.6. The lowest BCUT2D eigenvalue weighted by Crippen LogP contribution is -2.25. The van der Waals surface area contributed by atoms with Gasteiger partial charge in [0.05, 0.1) is 12.8 Å². The maximum atomic E-state index is 12.9. The molecule has 0 amide bonds. The van der Waals surface area contributed by atoms with Gasteiger partial charge in [-0.1, -0.05) is 6.07 Å². The monoisotopic (exact) mass is 446 g/mol. The minimum absolute atomic E-state index is 0.183. The minimum Gasteiger partial charge on any atom is -0.494 e. The number of amidine groups is 1. The van der Waals surface area contributed by atoms with Gasteiger partial charge in [-0.25, -0.2) is 20.0 Å². The van der Waals surface area contributed by atoms with Gasteiger partial charge < -0.3 is 10.5 Å². The molecule has 2 N–H and O–H groups in total. The van der Waals surface area contributed by atoms with Gasteiger partial charge in [0.1, 0.15) is 11.3 Å². The van der Waals surface area contributed by atoms with Gasteiger partial charge in [-0.05, 0) is 31.3 Å². The average molecular weight is 446 g/mol. The summed E-state index contributed by atoms with van der Waals surface area (Å²) in [6.07, 6.45) is -4.16. The fourth-order valence-electron chi connectivity index (χ4n) is 3.63. The molecule has 12 heteroatoms. The topological polar surface area (TPSA) is 106 Å². The molecule has 0 radical (unpaired) electrons. The van der Waals surface area contributed by atoms with Crippen molar-refractivity contribution in [3.63, 3.8) is 0 Å². The number of ether oxygens (including phenoxy) is 1. The van der Waals surface area contributed by atoms with Gasteiger partial charge in [0.2, 0.25) is 11.8 Å². The molecule has 0 bridgehead atoms. The molecule has 9 nitrogen and oxygen atoms in total. The number of hydrogen-bond acceptors (Lipinski definition) is 7. The van der Waals surface area contributed by atoms with Crippen LogP contribution in [0.15, 0.2) is 39.5 Å². The molecule has 0 spiro atoms. The number of nitrogens with two attached hydrogens (primary N) is 1. The molecule has 1 aromatic carbocycles. The van der Waals surface area contributed by atoms with Gasteiger partial charge >= 0.3 is 6.18 Å². The zero-order valence-electron chi connectivity index (χ0n) is 17.5. The Morgan fingerprint density at radius 2 is 2.06 bits per heavy atom. The van der Waals surface area contributed by atoms with E-state index in [1.54, 1.807) is 20.1 Å². The van der Waals surface area contributed by atoms with E-state index in [-0.39, 0.29) is 12.5 Å². The molecule has 168 valence electrons. The number of rotatable bonds is 5. The summed E-state index contributed by atoms with van der Waals surface area (Å²) in [6, 6.07) is 5.49. The van der Waals surface area contributed by atoms with Crippen LogP contribution in [0.3, 0.4) is 0 Å². The lowest BCUT2D eigenvalue weighted by atomic mass is 10.2. The second-order valence-corrected chi connectivity index (χ2v) is 7.37. The van der Waals surface area contributed by atoms with Crippen molar-refractivity contribution in [2.24, 2.45) is 9.98 Å². The average Bonchev–Trinajstić information content (AvgIpc) is 3.33. The Labute approximate surface area is 181 Å². The first-order valence-corrected chi connectivity index (χ1v) is 9.72. The number of anilines is 1. The second-order valence-electron chi connectivity index (χ2n) is 7.37. The highest BCUT2D eigenvalue weighted by Gasteiger charge is 2.36. The molecule has 0 saturated carbocycles. The van der Waals surface area contributed by atoms with E-state index in [1.165, 1.54) is 4.52 Å². The summed E-state index contributed by atoms with van der Waals surface area (Å²) in [5, 5.41) is 5.20. The van der Waals surface area contributed by atoms with Crippen molar-refractivity contribution >= 4 is 35.1 Å². The van der Waals surface area contributed by atoms with Crippen LogP contribution in [0.25, 0.3) is 16.6 Å². The smallest absolute Gasteiger partial charge is 0.451 e. The molecule has 0 atom stereocenters. The molecule has 3 heterocycles. The van der Waals surface area contributed by atoms with Crippen molar-refractivity contribution in [1.29, 1.82) is 0 Å². The first-order valence-electron chi connectivity index (χ1n) is 9.72. The maximum absolute atomic E-state index is 12.9. The fourth-order valence-corrected chi connectivity index (χ4v) is 3.63. The first-order chi connectivity index (χ1) is 15.2. The molecule has 1 aliphatic heterocycles. The van der Waals surface area contributed by atoms with Crippen molar-refractivity contribution in [3.8, 4) is 5.75 Å². The second kappa shape index (κ2) is 8.19. The van der Waals surface area contributed by atoms with E-state index in [9.17, 15) is 13.2 Å². The summed E-state index contributed by atoms with van der Waals surface area (Å²) in [7, 11) is 1.55. The molecule has 0 fully saturated rings. The van der Waals surface area contributed by atoms with Crippen molar-refractivity contribution in [2.45, 2.75) is 19.5 Å².